The predicted molar refractivity (Wildman–Crippen MR) is 63.7 cm³/mol. The van der Waals surface area contributed by atoms with Gasteiger partial charge in [-0.3, -0.25) is 4.98 Å². The first-order valence-corrected chi connectivity index (χ1v) is 6.15. The number of nitrogens with one attached hydrogen (secondary N) is 1. The van der Waals surface area contributed by atoms with Crippen molar-refractivity contribution in [2.45, 2.75) is 38.5 Å². The van der Waals surface area contributed by atoms with Gasteiger partial charge in [-0.15, -0.1) is 0 Å². The third-order valence-corrected chi connectivity index (χ3v) is 3.65. The third-order valence-electron chi connectivity index (χ3n) is 1.97. The van der Waals surface area contributed by atoms with Crippen LogP contribution in [0.25, 0.3) is 0 Å². The zero-order valence-electron chi connectivity index (χ0n) is 9.65. The van der Waals surface area contributed by atoms with E-state index in [1.807, 2.05) is 45.9 Å². The van der Waals surface area contributed by atoms with Gasteiger partial charge < -0.3 is 0 Å². The summed E-state index contributed by atoms with van der Waals surface area (Å²) in [4.78, 5) is 4.22. The molecule has 1 aromatic heterocycles. The number of aromatic nitrogens is 1. The smallest absolute Gasteiger partial charge is 0.0976 e. The average molecular weight is 226 g/mol. The van der Waals surface area contributed by atoms with E-state index in [1.165, 1.54) is 0 Å². The number of hydrogen-bond donors (Lipinski definition) is 1. The minimum atomic E-state index is -1.06. The van der Waals surface area contributed by atoms with Gasteiger partial charge in [0.05, 0.1) is 27.5 Å². The molecule has 0 fully saturated rings. The van der Waals surface area contributed by atoms with E-state index >= 15 is 0 Å². The lowest BCUT2D eigenvalue weighted by Gasteiger charge is -2.21. The molecule has 0 aliphatic heterocycles. The van der Waals surface area contributed by atoms with Gasteiger partial charge >= 0.3 is 0 Å². The summed E-state index contributed by atoms with van der Waals surface area (Å²) in [5, 5.41) is 0. The maximum absolute atomic E-state index is 11.8. The third kappa shape index (κ3) is 3.72. The topological polar surface area (TPSA) is 42.0 Å². The molecule has 0 aliphatic carbocycles. The first-order valence-electron chi connectivity index (χ1n) is 5.00. The van der Waals surface area contributed by atoms with Crippen LogP contribution in [0, 0.1) is 0 Å². The molecule has 1 N–H and O–H groups in total. The first-order chi connectivity index (χ1) is 6.91. The standard InChI is InChI=1S/C11H18N2OS/c1-9(10-7-5-6-8-12-10)13-15(14)11(2,3)4/h5-9,13H,1-4H3/t9-,15?/m0/s1. The Hall–Kier alpha value is -0.740. The minimum absolute atomic E-state index is 0.00579. The van der Waals surface area contributed by atoms with E-state index in [1.54, 1.807) is 6.20 Å². The van der Waals surface area contributed by atoms with Crippen LogP contribution in [0.5, 0.6) is 0 Å². The summed E-state index contributed by atoms with van der Waals surface area (Å²) in [5.41, 5.74) is 0.912. The van der Waals surface area contributed by atoms with Gasteiger partial charge in [0.15, 0.2) is 0 Å². The lowest BCUT2D eigenvalue weighted by molar-refractivity contribution is 0.611. The highest BCUT2D eigenvalue weighted by atomic mass is 32.2. The Balaban J connectivity index is 2.65. The number of pyridine rings is 1. The van der Waals surface area contributed by atoms with Gasteiger partial charge in [-0.2, -0.15) is 0 Å². The second-order valence-corrected chi connectivity index (χ2v) is 6.47. The summed E-state index contributed by atoms with van der Waals surface area (Å²) in [6.45, 7) is 7.80. The molecular formula is C11H18N2OS. The fraction of sp³-hybridized carbons (Fsp3) is 0.545. The van der Waals surface area contributed by atoms with Crippen molar-refractivity contribution in [2.24, 2.45) is 0 Å². The summed E-state index contributed by atoms with van der Waals surface area (Å²) < 4.78 is 14.6. The summed E-state index contributed by atoms with van der Waals surface area (Å²) in [7, 11) is -1.06. The zero-order valence-corrected chi connectivity index (χ0v) is 10.5. The van der Waals surface area contributed by atoms with Gasteiger partial charge in [-0.25, -0.2) is 8.93 Å². The summed E-state index contributed by atoms with van der Waals surface area (Å²) in [6.07, 6.45) is 1.74. The van der Waals surface area contributed by atoms with E-state index in [0.29, 0.717) is 0 Å². The molecule has 0 amide bonds. The summed E-state index contributed by atoms with van der Waals surface area (Å²) >= 11 is 0. The van der Waals surface area contributed by atoms with E-state index in [0.717, 1.165) is 5.69 Å². The van der Waals surface area contributed by atoms with Gasteiger partial charge in [0.1, 0.15) is 0 Å². The van der Waals surface area contributed by atoms with Crippen molar-refractivity contribution in [1.82, 2.24) is 9.71 Å². The molecule has 0 radical (unpaired) electrons. The number of rotatable bonds is 3. The normalized spacial score (nSPS) is 16.0. The van der Waals surface area contributed by atoms with Crippen molar-refractivity contribution in [3.05, 3.63) is 30.1 Å². The van der Waals surface area contributed by atoms with Crippen LogP contribution in [0.2, 0.25) is 0 Å². The van der Waals surface area contributed by atoms with Gasteiger partial charge in [0.25, 0.3) is 0 Å². The van der Waals surface area contributed by atoms with Crippen molar-refractivity contribution >= 4 is 11.0 Å². The Morgan fingerprint density at radius 2 is 2.07 bits per heavy atom. The van der Waals surface area contributed by atoms with Crippen LogP contribution in [-0.4, -0.2) is 13.9 Å². The van der Waals surface area contributed by atoms with Crippen molar-refractivity contribution in [2.75, 3.05) is 0 Å². The van der Waals surface area contributed by atoms with Crippen LogP contribution in [-0.2, 0) is 11.0 Å². The van der Waals surface area contributed by atoms with Gasteiger partial charge in [0, 0.05) is 6.20 Å². The second-order valence-electron chi connectivity index (χ2n) is 4.48. The van der Waals surface area contributed by atoms with E-state index in [-0.39, 0.29) is 10.8 Å². The van der Waals surface area contributed by atoms with E-state index in [9.17, 15) is 4.21 Å². The Morgan fingerprint density at radius 1 is 1.40 bits per heavy atom. The quantitative estimate of drug-likeness (QED) is 0.858. The molecule has 1 unspecified atom stereocenters. The number of hydrogen-bond acceptors (Lipinski definition) is 2. The van der Waals surface area contributed by atoms with E-state index < -0.39 is 11.0 Å². The molecule has 3 nitrogen and oxygen atoms in total. The molecule has 84 valence electrons. The fourth-order valence-electron chi connectivity index (χ4n) is 1.03. The highest BCUT2D eigenvalue weighted by Crippen LogP contribution is 2.14. The average Bonchev–Trinajstić information content (AvgIpc) is 2.17. The van der Waals surface area contributed by atoms with Crippen molar-refractivity contribution in [3.63, 3.8) is 0 Å². The Kier molecular flexibility index (Phi) is 3.99. The maximum atomic E-state index is 11.8. The summed E-state index contributed by atoms with van der Waals surface area (Å²) in [5.74, 6) is 0. The summed E-state index contributed by atoms with van der Waals surface area (Å²) in [6, 6.07) is 5.74. The van der Waals surface area contributed by atoms with Crippen LogP contribution < -0.4 is 4.72 Å². The van der Waals surface area contributed by atoms with Crippen LogP contribution in [0.4, 0.5) is 0 Å². The maximum Gasteiger partial charge on any atom is 0.0976 e. The van der Waals surface area contributed by atoms with Crippen LogP contribution >= 0.6 is 0 Å². The minimum Gasteiger partial charge on any atom is -0.260 e. The molecule has 4 heteroatoms. The first kappa shape index (κ1) is 12.3. The molecule has 1 aromatic rings. The lowest BCUT2D eigenvalue weighted by Crippen LogP contribution is -2.35. The van der Waals surface area contributed by atoms with Crippen molar-refractivity contribution in [1.29, 1.82) is 0 Å². The van der Waals surface area contributed by atoms with Crippen LogP contribution in [0.15, 0.2) is 24.4 Å². The van der Waals surface area contributed by atoms with Gasteiger partial charge in [-0.1, -0.05) is 6.07 Å². The highest BCUT2D eigenvalue weighted by molar-refractivity contribution is 7.84. The second kappa shape index (κ2) is 4.86. The van der Waals surface area contributed by atoms with Crippen molar-refractivity contribution < 1.29 is 4.21 Å². The molecule has 0 saturated carbocycles. The Morgan fingerprint density at radius 3 is 2.53 bits per heavy atom. The molecule has 0 aromatic carbocycles. The Labute approximate surface area is 93.9 Å². The molecule has 2 atom stereocenters. The van der Waals surface area contributed by atoms with E-state index in [2.05, 4.69) is 9.71 Å². The molecule has 1 rings (SSSR count). The molecular weight excluding hydrogens is 208 g/mol. The van der Waals surface area contributed by atoms with Crippen LogP contribution in [0.3, 0.4) is 0 Å². The molecule has 15 heavy (non-hydrogen) atoms. The lowest BCUT2D eigenvalue weighted by atomic mass is 10.2. The zero-order chi connectivity index (χ0) is 11.5. The molecule has 0 aliphatic rings. The van der Waals surface area contributed by atoms with E-state index in [4.69, 9.17) is 0 Å². The molecule has 0 saturated heterocycles. The van der Waals surface area contributed by atoms with Crippen LogP contribution in [0.1, 0.15) is 39.4 Å². The van der Waals surface area contributed by atoms with Gasteiger partial charge in [-0.05, 0) is 39.8 Å². The SMILES string of the molecule is C[C@H](NS(=O)C(C)(C)C)c1ccccn1. The predicted octanol–water partition coefficient (Wildman–Crippen LogP) is 2.19. The molecule has 0 spiro atoms. The molecule has 0 bridgehead atoms. The fourth-order valence-corrected chi connectivity index (χ4v) is 1.83. The van der Waals surface area contributed by atoms with Gasteiger partial charge in [0.2, 0.25) is 0 Å². The number of nitrogens with zero attached hydrogens (tertiary/aromatic N) is 1. The highest BCUT2D eigenvalue weighted by Gasteiger charge is 2.21. The Bertz CT molecular complexity index is 332. The van der Waals surface area contributed by atoms with Crippen molar-refractivity contribution in [3.8, 4) is 0 Å². The monoisotopic (exact) mass is 226 g/mol. The largest absolute Gasteiger partial charge is 0.260 e. The molecule has 1 heterocycles.